The average Bonchev–Trinajstić information content (AvgIpc) is 2.81. The summed E-state index contributed by atoms with van der Waals surface area (Å²) in [6.45, 7) is 5.12. The zero-order valence-electron chi connectivity index (χ0n) is 20.3. The van der Waals surface area contributed by atoms with E-state index in [0.29, 0.717) is 6.61 Å². The van der Waals surface area contributed by atoms with Gasteiger partial charge in [-0.2, -0.15) is 0 Å². The largest absolute Gasteiger partial charge is 0.465 e. The lowest BCUT2D eigenvalue weighted by Gasteiger charge is -2.55. The van der Waals surface area contributed by atoms with Crippen LogP contribution < -0.4 is 0 Å². The van der Waals surface area contributed by atoms with E-state index in [1.807, 2.05) is 0 Å². The third-order valence-electron chi connectivity index (χ3n) is 9.41. The van der Waals surface area contributed by atoms with Crippen LogP contribution in [-0.2, 0) is 9.53 Å². The predicted molar refractivity (Wildman–Crippen MR) is 126 cm³/mol. The Balaban J connectivity index is 1.77. The molecule has 0 saturated heterocycles. The summed E-state index contributed by atoms with van der Waals surface area (Å²) in [6.07, 6.45) is 25.9. The molecule has 0 aromatic carbocycles. The lowest BCUT2D eigenvalue weighted by molar-refractivity contribution is -0.175. The summed E-state index contributed by atoms with van der Waals surface area (Å²) in [6, 6.07) is 0. The summed E-state index contributed by atoms with van der Waals surface area (Å²) in [4.78, 5) is 13.7. The Hall–Kier alpha value is -0.530. The van der Waals surface area contributed by atoms with Gasteiger partial charge in [0.05, 0.1) is 12.0 Å². The van der Waals surface area contributed by atoms with Crippen LogP contribution in [0.25, 0.3) is 0 Å². The summed E-state index contributed by atoms with van der Waals surface area (Å²) < 4.78 is 6.01. The average molecular weight is 419 g/mol. The Morgan fingerprint density at radius 2 is 1.33 bits per heavy atom. The number of unbranched alkanes of at least 4 members (excludes halogenated alkanes) is 3. The van der Waals surface area contributed by atoms with Crippen LogP contribution in [0.3, 0.4) is 0 Å². The van der Waals surface area contributed by atoms with Crippen LogP contribution in [0, 0.1) is 22.7 Å². The molecule has 3 aliphatic carbocycles. The summed E-state index contributed by atoms with van der Waals surface area (Å²) in [5.74, 6) is 2.11. The van der Waals surface area contributed by atoms with E-state index in [-0.39, 0.29) is 16.8 Å². The van der Waals surface area contributed by atoms with Gasteiger partial charge in [-0.1, -0.05) is 90.9 Å². The molecule has 0 atom stereocenters. The van der Waals surface area contributed by atoms with E-state index >= 15 is 0 Å². The lowest BCUT2D eigenvalue weighted by Crippen LogP contribution is -2.52. The van der Waals surface area contributed by atoms with E-state index in [2.05, 4.69) is 13.8 Å². The smallest absolute Gasteiger partial charge is 0.312 e. The van der Waals surface area contributed by atoms with Crippen LogP contribution in [-0.4, -0.2) is 12.6 Å². The fourth-order valence-corrected chi connectivity index (χ4v) is 7.50. The number of ether oxygens (including phenoxy) is 1. The van der Waals surface area contributed by atoms with Crippen molar-refractivity contribution in [1.82, 2.24) is 0 Å². The van der Waals surface area contributed by atoms with Crippen molar-refractivity contribution in [3.63, 3.8) is 0 Å². The fourth-order valence-electron chi connectivity index (χ4n) is 7.50. The van der Waals surface area contributed by atoms with Crippen molar-refractivity contribution in [1.29, 1.82) is 0 Å². The molecule has 0 aliphatic heterocycles. The van der Waals surface area contributed by atoms with Gasteiger partial charge in [-0.15, -0.1) is 0 Å². The molecule has 0 unspecified atom stereocenters. The van der Waals surface area contributed by atoms with Crippen molar-refractivity contribution in [2.24, 2.45) is 22.7 Å². The predicted octanol–water partition coefficient (Wildman–Crippen LogP) is 8.62. The van der Waals surface area contributed by atoms with E-state index in [4.69, 9.17) is 4.74 Å². The maximum absolute atomic E-state index is 13.7. The van der Waals surface area contributed by atoms with Gasteiger partial charge < -0.3 is 4.74 Å². The molecule has 0 heterocycles. The van der Waals surface area contributed by atoms with E-state index < -0.39 is 0 Å². The molecule has 0 amide bonds. The second-order valence-electron chi connectivity index (χ2n) is 11.1. The van der Waals surface area contributed by atoms with Gasteiger partial charge in [0.2, 0.25) is 0 Å². The van der Waals surface area contributed by atoms with Crippen LogP contribution in [0.2, 0.25) is 0 Å². The molecule has 0 N–H and O–H groups in total. The molecule has 0 aromatic heterocycles. The van der Waals surface area contributed by atoms with Gasteiger partial charge in [-0.25, -0.2) is 0 Å². The molecule has 0 aromatic rings. The standard InChI is InChI=1S/C28H50O2/c1-3-5-11-18-27(21-16-25(17-22-27)24-14-9-7-10-15-24)28(19-12-8-13-20-28)26(29)30-23-6-4-2/h24-25H,3-23H2,1-2H3. The van der Waals surface area contributed by atoms with E-state index in [9.17, 15) is 4.79 Å². The normalized spacial score (nSPS) is 30.1. The first-order valence-electron chi connectivity index (χ1n) is 13.8. The first kappa shape index (κ1) is 24.1. The van der Waals surface area contributed by atoms with Gasteiger partial charge in [-0.05, 0) is 68.6 Å². The van der Waals surface area contributed by atoms with E-state index in [0.717, 1.165) is 37.5 Å². The van der Waals surface area contributed by atoms with Crippen molar-refractivity contribution in [3.8, 4) is 0 Å². The Labute approximate surface area is 187 Å². The molecule has 3 fully saturated rings. The topological polar surface area (TPSA) is 26.3 Å². The molecular weight excluding hydrogens is 368 g/mol. The quantitative estimate of drug-likeness (QED) is 0.262. The number of esters is 1. The monoisotopic (exact) mass is 418 g/mol. The minimum absolute atomic E-state index is 0.176. The van der Waals surface area contributed by atoms with Crippen LogP contribution >= 0.6 is 0 Å². The third kappa shape index (κ3) is 5.44. The van der Waals surface area contributed by atoms with Gasteiger partial charge in [0.25, 0.3) is 0 Å². The summed E-state index contributed by atoms with van der Waals surface area (Å²) in [5.41, 5.74) is 0.0430. The van der Waals surface area contributed by atoms with Gasteiger partial charge in [0, 0.05) is 0 Å². The number of rotatable bonds is 10. The molecule has 3 saturated carbocycles. The van der Waals surface area contributed by atoms with Crippen molar-refractivity contribution in [2.75, 3.05) is 6.61 Å². The molecule has 174 valence electrons. The Kier molecular flexibility index (Phi) is 9.58. The first-order chi connectivity index (χ1) is 14.7. The van der Waals surface area contributed by atoms with Crippen molar-refractivity contribution in [3.05, 3.63) is 0 Å². The summed E-state index contributed by atoms with van der Waals surface area (Å²) in [5, 5.41) is 0. The van der Waals surface area contributed by atoms with Gasteiger partial charge in [-0.3, -0.25) is 4.79 Å². The summed E-state index contributed by atoms with van der Waals surface area (Å²) in [7, 11) is 0. The molecule has 2 heteroatoms. The number of carbonyl (C=O) groups is 1. The second-order valence-corrected chi connectivity index (χ2v) is 11.1. The zero-order chi connectivity index (χ0) is 21.3. The fraction of sp³-hybridized carbons (Fsp3) is 0.964. The van der Waals surface area contributed by atoms with Gasteiger partial charge >= 0.3 is 5.97 Å². The van der Waals surface area contributed by atoms with E-state index in [1.165, 1.54) is 103 Å². The van der Waals surface area contributed by atoms with Gasteiger partial charge in [0.1, 0.15) is 0 Å². The third-order valence-corrected chi connectivity index (χ3v) is 9.41. The summed E-state index contributed by atoms with van der Waals surface area (Å²) >= 11 is 0. The highest BCUT2D eigenvalue weighted by atomic mass is 16.5. The maximum Gasteiger partial charge on any atom is 0.312 e. The maximum atomic E-state index is 13.7. The van der Waals surface area contributed by atoms with Crippen molar-refractivity contribution < 1.29 is 9.53 Å². The Morgan fingerprint density at radius 3 is 1.97 bits per heavy atom. The highest BCUT2D eigenvalue weighted by molar-refractivity contribution is 5.78. The van der Waals surface area contributed by atoms with Crippen LogP contribution in [0.1, 0.15) is 142 Å². The minimum atomic E-state index is -0.176. The SMILES string of the molecule is CCCCCC1(C2(C(=O)OCCCC)CCCCC2)CCC(C2CCCCC2)CC1. The molecule has 2 nitrogen and oxygen atoms in total. The van der Waals surface area contributed by atoms with E-state index in [1.54, 1.807) is 0 Å². The number of carbonyl (C=O) groups excluding carboxylic acids is 1. The molecule has 0 spiro atoms. The zero-order valence-corrected chi connectivity index (χ0v) is 20.3. The molecule has 0 bridgehead atoms. The molecule has 0 radical (unpaired) electrons. The van der Waals surface area contributed by atoms with Crippen LogP contribution in [0.4, 0.5) is 0 Å². The van der Waals surface area contributed by atoms with Crippen LogP contribution in [0.15, 0.2) is 0 Å². The number of hydrogen-bond donors (Lipinski definition) is 0. The van der Waals surface area contributed by atoms with Crippen LogP contribution in [0.5, 0.6) is 0 Å². The Bertz CT molecular complexity index is 491. The second kappa shape index (κ2) is 11.9. The van der Waals surface area contributed by atoms with Crippen molar-refractivity contribution >= 4 is 5.97 Å². The molecule has 3 rings (SSSR count). The molecular formula is C28H50O2. The first-order valence-corrected chi connectivity index (χ1v) is 13.8. The molecule has 30 heavy (non-hydrogen) atoms. The molecule has 3 aliphatic rings. The van der Waals surface area contributed by atoms with Crippen molar-refractivity contribution in [2.45, 2.75) is 142 Å². The minimum Gasteiger partial charge on any atom is -0.465 e. The lowest BCUT2D eigenvalue weighted by atomic mass is 9.49. The Morgan fingerprint density at radius 1 is 0.733 bits per heavy atom. The number of hydrogen-bond acceptors (Lipinski definition) is 2. The highest BCUT2D eigenvalue weighted by Gasteiger charge is 2.57. The highest BCUT2D eigenvalue weighted by Crippen LogP contribution is 2.61. The van der Waals surface area contributed by atoms with Gasteiger partial charge in [0.15, 0.2) is 0 Å².